The van der Waals surface area contributed by atoms with Gasteiger partial charge in [0.2, 0.25) is 0 Å². The summed E-state index contributed by atoms with van der Waals surface area (Å²) in [6.07, 6.45) is 0. The van der Waals surface area contributed by atoms with E-state index in [1.54, 1.807) is 12.1 Å². The van der Waals surface area contributed by atoms with Crippen LogP contribution in [0, 0.1) is 13.8 Å². The third-order valence-electron chi connectivity index (χ3n) is 4.49. The number of rotatable bonds is 5. The molecule has 0 atom stereocenters. The van der Waals surface area contributed by atoms with Gasteiger partial charge < -0.3 is 14.2 Å². The quantitative estimate of drug-likeness (QED) is 0.427. The normalized spacial score (nSPS) is 10.3. The summed E-state index contributed by atoms with van der Waals surface area (Å²) >= 11 is 0. The summed E-state index contributed by atoms with van der Waals surface area (Å²) in [5.74, 6) is 0.0387. The molecule has 0 amide bonds. The summed E-state index contributed by atoms with van der Waals surface area (Å²) in [7, 11) is 0. The second-order valence-electron chi connectivity index (χ2n) is 7.06. The molecule has 3 rings (SSSR count). The van der Waals surface area contributed by atoms with Gasteiger partial charge in [0, 0.05) is 13.8 Å². The van der Waals surface area contributed by atoms with Crippen LogP contribution in [0.3, 0.4) is 0 Å². The molecule has 31 heavy (non-hydrogen) atoms. The molecule has 0 aliphatic rings. The molecule has 6 nitrogen and oxygen atoms in total. The van der Waals surface area contributed by atoms with Gasteiger partial charge in [-0.2, -0.15) is 0 Å². The first-order chi connectivity index (χ1) is 14.7. The van der Waals surface area contributed by atoms with E-state index >= 15 is 0 Å². The highest BCUT2D eigenvalue weighted by Gasteiger charge is 2.12. The zero-order valence-electron chi connectivity index (χ0n) is 17.7. The first-order valence-corrected chi connectivity index (χ1v) is 9.63. The summed E-state index contributed by atoms with van der Waals surface area (Å²) in [5.41, 5.74) is 3.88. The van der Waals surface area contributed by atoms with Crippen molar-refractivity contribution in [2.45, 2.75) is 27.7 Å². The van der Waals surface area contributed by atoms with E-state index in [0.717, 1.165) is 22.3 Å². The van der Waals surface area contributed by atoms with Gasteiger partial charge in [0.15, 0.2) is 0 Å². The molecule has 0 radical (unpaired) electrons. The Labute approximate surface area is 180 Å². The van der Waals surface area contributed by atoms with Gasteiger partial charge in [-0.25, -0.2) is 4.79 Å². The van der Waals surface area contributed by atoms with Crippen LogP contribution < -0.4 is 14.2 Å². The van der Waals surface area contributed by atoms with Gasteiger partial charge in [0.1, 0.15) is 17.2 Å². The third-order valence-corrected chi connectivity index (χ3v) is 4.49. The Balaban J connectivity index is 1.75. The Bertz CT molecular complexity index is 1150. The second-order valence-corrected chi connectivity index (χ2v) is 7.06. The van der Waals surface area contributed by atoms with Crippen molar-refractivity contribution in [2.24, 2.45) is 0 Å². The average molecular weight is 418 g/mol. The zero-order valence-corrected chi connectivity index (χ0v) is 17.7. The van der Waals surface area contributed by atoms with Gasteiger partial charge in [-0.3, -0.25) is 9.59 Å². The van der Waals surface area contributed by atoms with E-state index in [1.165, 1.54) is 38.1 Å². The molecule has 158 valence electrons. The summed E-state index contributed by atoms with van der Waals surface area (Å²) in [6, 6.07) is 17.2. The highest BCUT2D eigenvalue weighted by atomic mass is 16.5. The van der Waals surface area contributed by atoms with E-state index in [2.05, 4.69) is 0 Å². The van der Waals surface area contributed by atoms with Crippen LogP contribution in [0.25, 0.3) is 11.1 Å². The maximum atomic E-state index is 12.5. The molecular weight excluding hydrogens is 396 g/mol. The Morgan fingerprint density at radius 1 is 0.613 bits per heavy atom. The Morgan fingerprint density at radius 3 is 1.55 bits per heavy atom. The van der Waals surface area contributed by atoms with Gasteiger partial charge in [-0.15, -0.1) is 0 Å². The van der Waals surface area contributed by atoms with E-state index in [-0.39, 0.29) is 5.97 Å². The molecule has 0 aromatic heterocycles. The molecule has 6 heteroatoms. The van der Waals surface area contributed by atoms with Crippen molar-refractivity contribution < 1.29 is 28.6 Å². The fourth-order valence-corrected chi connectivity index (χ4v) is 3.03. The fourth-order valence-electron chi connectivity index (χ4n) is 3.03. The molecule has 0 unspecified atom stereocenters. The SMILES string of the molecule is CC(=O)Oc1ccc(C(=O)Oc2ccc(-c3ccc(OC(C)=O)c(C)c3)cc2C)cc1. The summed E-state index contributed by atoms with van der Waals surface area (Å²) in [5, 5.41) is 0. The zero-order chi connectivity index (χ0) is 22.5. The predicted molar refractivity (Wildman–Crippen MR) is 115 cm³/mol. The van der Waals surface area contributed by atoms with E-state index < -0.39 is 11.9 Å². The lowest BCUT2D eigenvalue weighted by molar-refractivity contribution is -0.132. The molecule has 0 aliphatic heterocycles. The number of hydrogen-bond donors (Lipinski definition) is 0. The van der Waals surface area contributed by atoms with E-state index in [9.17, 15) is 14.4 Å². The largest absolute Gasteiger partial charge is 0.427 e. The van der Waals surface area contributed by atoms with Crippen molar-refractivity contribution in [3.8, 4) is 28.4 Å². The molecule has 3 aromatic carbocycles. The first-order valence-electron chi connectivity index (χ1n) is 9.63. The predicted octanol–water partition coefficient (Wildman–Crippen LogP) is 5.04. The number of carbonyl (C=O) groups excluding carboxylic acids is 3. The Morgan fingerprint density at radius 2 is 1.10 bits per heavy atom. The van der Waals surface area contributed by atoms with Gasteiger partial charge in [0.05, 0.1) is 5.56 Å². The van der Waals surface area contributed by atoms with Crippen LogP contribution in [0.4, 0.5) is 0 Å². The number of esters is 3. The number of aryl methyl sites for hydroxylation is 2. The maximum Gasteiger partial charge on any atom is 0.343 e. The summed E-state index contributed by atoms with van der Waals surface area (Å²) < 4.78 is 15.7. The van der Waals surface area contributed by atoms with Crippen molar-refractivity contribution in [1.29, 1.82) is 0 Å². The van der Waals surface area contributed by atoms with Gasteiger partial charge in [0.25, 0.3) is 0 Å². The Kier molecular flexibility index (Phi) is 6.50. The number of ether oxygens (including phenoxy) is 3. The lowest BCUT2D eigenvalue weighted by Gasteiger charge is -2.11. The highest BCUT2D eigenvalue weighted by Crippen LogP contribution is 2.30. The standard InChI is InChI=1S/C25H22O6/c1-15-13-20(7-11-23(15)30-18(4)27)21-8-12-24(16(2)14-21)31-25(28)19-5-9-22(10-6-19)29-17(3)26/h5-14H,1-4H3. The monoisotopic (exact) mass is 418 g/mol. The molecule has 3 aromatic rings. The summed E-state index contributed by atoms with van der Waals surface area (Å²) in [4.78, 5) is 34.6. The molecule has 0 spiro atoms. The minimum Gasteiger partial charge on any atom is -0.427 e. The Hall–Kier alpha value is -3.93. The van der Waals surface area contributed by atoms with Gasteiger partial charge in [-0.1, -0.05) is 12.1 Å². The fraction of sp³-hybridized carbons (Fsp3) is 0.160. The lowest BCUT2D eigenvalue weighted by atomic mass is 10.0. The van der Waals surface area contributed by atoms with Crippen LogP contribution in [-0.2, 0) is 9.59 Å². The van der Waals surface area contributed by atoms with Crippen molar-refractivity contribution in [3.05, 3.63) is 77.4 Å². The number of carbonyl (C=O) groups is 3. The smallest absolute Gasteiger partial charge is 0.343 e. The molecule has 0 fully saturated rings. The van der Waals surface area contributed by atoms with Gasteiger partial charge in [-0.05, 0) is 84.6 Å². The average Bonchev–Trinajstić information content (AvgIpc) is 2.70. The van der Waals surface area contributed by atoms with E-state index in [1.807, 2.05) is 38.1 Å². The first kappa shape index (κ1) is 21.8. The van der Waals surface area contributed by atoms with Crippen LogP contribution in [0.15, 0.2) is 60.7 Å². The topological polar surface area (TPSA) is 78.9 Å². The third kappa shape index (κ3) is 5.57. The molecular formula is C25H22O6. The van der Waals surface area contributed by atoms with Gasteiger partial charge >= 0.3 is 17.9 Å². The van der Waals surface area contributed by atoms with E-state index in [0.29, 0.717) is 22.8 Å². The molecule has 0 saturated carbocycles. The van der Waals surface area contributed by atoms with Crippen LogP contribution >= 0.6 is 0 Å². The summed E-state index contributed by atoms with van der Waals surface area (Å²) in [6.45, 7) is 6.41. The highest BCUT2D eigenvalue weighted by molar-refractivity contribution is 5.91. The molecule has 0 bridgehead atoms. The van der Waals surface area contributed by atoms with Crippen molar-refractivity contribution in [2.75, 3.05) is 0 Å². The van der Waals surface area contributed by atoms with Crippen molar-refractivity contribution in [3.63, 3.8) is 0 Å². The van der Waals surface area contributed by atoms with Crippen LogP contribution in [0.1, 0.15) is 35.3 Å². The van der Waals surface area contributed by atoms with E-state index in [4.69, 9.17) is 14.2 Å². The number of benzene rings is 3. The molecule has 0 aliphatic carbocycles. The van der Waals surface area contributed by atoms with Crippen molar-refractivity contribution >= 4 is 17.9 Å². The van der Waals surface area contributed by atoms with Crippen LogP contribution in [0.2, 0.25) is 0 Å². The lowest BCUT2D eigenvalue weighted by Crippen LogP contribution is -2.09. The number of hydrogen-bond acceptors (Lipinski definition) is 6. The molecule has 0 heterocycles. The molecule has 0 saturated heterocycles. The molecule has 0 N–H and O–H groups in total. The maximum absolute atomic E-state index is 12.5. The van der Waals surface area contributed by atoms with Crippen LogP contribution in [0.5, 0.6) is 17.2 Å². The minimum atomic E-state index is -0.508. The van der Waals surface area contributed by atoms with Crippen LogP contribution in [-0.4, -0.2) is 17.9 Å². The second kappa shape index (κ2) is 9.26. The minimum absolute atomic E-state index is 0.344. The van der Waals surface area contributed by atoms with Crippen molar-refractivity contribution in [1.82, 2.24) is 0 Å².